The average molecular weight is 288 g/mol. The summed E-state index contributed by atoms with van der Waals surface area (Å²) in [6.45, 7) is 0. The summed E-state index contributed by atoms with van der Waals surface area (Å²) in [5, 5.41) is 5.26. The Kier molecular flexibility index (Phi) is 3.44. The van der Waals surface area contributed by atoms with Crippen molar-refractivity contribution in [2.75, 3.05) is 5.43 Å². The number of para-hydroxylation sites is 1. The fraction of sp³-hybridized carbons (Fsp3) is 0. The van der Waals surface area contributed by atoms with Crippen molar-refractivity contribution in [3.8, 4) is 0 Å². The van der Waals surface area contributed by atoms with Gasteiger partial charge < -0.3 is 0 Å². The lowest BCUT2D eigenvalue weighted by Gasteiger charge is -2.01. The van der Waals surface area contributed by atoms with Gasteiger partial charge in [-0.3, -0.25) is 5.43 Å². The number of benzene rings is 1. The van der Waals surface area contributed by atoms with E-state index in [0.29, 0.717) is 0 Å². The first kappa shape index (κ1) is 12.1. The molecule has 1 aromatic carbocycles. The van der Waals surface area contributed by atoms with E-state index < -0.39 is 0 Å². The van der Waals surface area contributed by atoms with E-state index in [4.69, 9.17) is 11.6 Å². The predicted molar refractivity (Wildman–Crippen MR) is 82.3 cm³/mol. The smallest absolute Gasteiger partial charge is 0.146 e. The van der Waals surface area contributed by atoms with Crippen molar-refractivity contribution in [3.05, 3.63) is 57.7 Å². The first-order valence-electron chi connectivity index (χ1n) is 5.71. The van der Waals surface area contributed by atoms with Crippen molar-refractivity contribution in [1.82, 2.24) is 4.98 Å². The minimum absolute atomic E-state index is 0.720. The average Bonchev–Trinajstić information content (AvgIpc) is 2.84. The third-order valence-electron chi connectivity index (χ3n) is 2.56. The largest absolute Gasteiger partial charge is 0.261 e. The fourth-order valence-electron chi connectivity index (χ4n) is 1.69. The van der Waals surface area contributed by atoms with Crippen LogP contribution < -0.4 is 5.43 Å². The highest BCUT2D eigenvalue weighted by molar-refractivity contribution is 7.17. The number of hydrogen-bond donors (Lipinski definition) is 1. The molecule has 0 aliphatic heterocycles. The number of thiophene rings is 1. The van der Waals surface area contributed by atoms with E-state index in [-0.39, 0.29) is 0 Å². The molecule has 19 heavy (non-hydrogen) atoms. The molecular formula is C14H10ClN3S. The lowest BCUT2D eigenvalue weighted by Crippen LogP contribution is -1.92. The highest BCUT2D eigenvalue weighted by Gasteiger charge is 1.96. The second-order valence-electron chi connectivity index (χ2n) is 3.90. The molecule has 3 rings (SSSR count). The van der Waals surface area contributed by atoms with Crippen molar-refractivity contribution in [3.63, 3.8) is 0 Å². The van der Waals surface area contributed by atoms with Gasteiger partial charge in [0.05, 0.1) is 16.1 Å². The maximum absolute atomic E-state index is 5.85. The predicted octanol–water partition coefficient (Wildman–Crippen LogP) is 4.40. The van der Waals surface area contributed by atoms with Crippen LogP contribution >= 0.6 is 22.9 Å². The molecule has 5 heteroatoms. The number of nitrogens with zero attached hydrogens (tertiary/aromatic N) is 2. The highest BCUT2D eigenvalue weighted by Crippen LogP contribution is 2.19. The van der Waals surface area contributed by atoms with Gasteiger partial charge >= 0.3 is 0 Å². The summed E-state index contributed by atoms with van der Waals surface area (Å²) >= 11 is 7.33. The van der Waals surface area contributed by atoms with Gasteiger partial charge in [0.15, 0.2) is 0 Å². The zero-order valence-corrected chi connectivity index (χ0v) is 11.4. The van der Waals surface area contributed by atoms with Gasteiger partial charge in [-0.25, -0.2) is 4.98 Å². The molecule has 0 aliphatic carbocycles. The molecule has 0 saturated heterocycles. The number of halogens is 1. The Hall–Kier alpha value is -1.91. The number of hydrazone groups is 1. The molecule has 0 saturated carbocycles. The molecule has 2 heterocycles. The van der Waals surface area contributed by atoms with Crippen LogP contribution in [0.1, 0.15) is 4.88 Å². The highest BCUT2D eigenvalue weighted by atomic mass is 35.5. The Balaban J connectivity index is 1.76. The first-order valence-corrected chi connectivity index (χ1v) is 6.91. The van der Waals surface area contributed by atoms with Gasteiger partial charge in [-0.05, 0) is 30.3 Å². The van der Waals surface area contributed by atoms with Crippen LogP contribution in [0.25, 0.3) is 10.9 Å². The van der Waals surface area contributed by atoms with E-state index >= 15 is 0 Å². The minimum atomic E-state index is 0.720. The second kappa shape index (κ2) is 5.38. The lowest BCUT2D eigenvalue weighted by atomic mass is 10.2. The van der Waals surface area contributed by atoms with Gasteiger partial charge in [-0.15, -0.1) is 11.3 Å². The van der Waals surface area contributed by atoms with Crippen LogP contribution in [0.3, 0.4) is 0 Å². The molecule has 0 unspecified atom stereocenters. The molecule has 0 fully saturated rings. The van der Waals surface area contributed by atoms with Crippen LogP contribution in [0.2, 0.25) is 4.34 Å². The van der Waals surface area contributed by atoms with Crippen LogP contribution in [0.5, 0.6) is 0 Å². The molecule has 1 N–H and O–H groups in total. The molecule has 94 valence electrons. The molecule has 2 aromatic heterocycles. The van der Waals surface area contributed by atoms with Gasteiger partial charge in [0.2, 0.25) is 0 Å². The van der Waals surface area contributed by atoms with Crippen LogP contribution in [0.15, 0.2) is 53.6 Å². The molecule has 0 radical (unpaired) electrons. The summed E-state index contributed by atoms with van der Waals surface area (Å²) in [7, 11) is 0. The zero-order valence-electron chi connectivity index (χ0n) is 9.88. The van der Waals surface area contributed by atoms with E-state index in [1.807, 2.05) is 48.5 Å². The van der Waals surface area contributed by atoms with E-state index in [0.717, 1.165) is 25.9 Å². The summed E-state index contributed by atoms with van der Waals surface area (Å²) in [6, 6.07) is 15.7. The maximum Gasteiger partial charge on any atom is 0.146 e. The standard InChI is InChI=1S/C14H10ClN3S/c15-13-7-6-11(19-13)9-16-18-14-8-5-10-3-1-2-4-12(10)17-14/h1-9H,(H,17,18)/b16-9+. The van der Waals surface area contributed by atoms with Crippen LogP contribution in [0, 0.1) is 0 Å². The number of anilines is 1. The van der Waals surface area contributed by atoms with Gasteiger partial charge in [-0.1, -0.05) is 29.8 Å². The number of aromatic nitrogens is 1. The van der Waals surface area contributed by atoms with Crippen molar-refractivity contribution in [2.24, 2.45) is 5.10 Å². The summed E-state index contributed by atoms with van der Waals surface area (Å²) in [4.78, 5) is 5.46. The van der Waals surface area contributed by atoms with Crippen molar-refractivity contribution in [1.29, 1.82) is 0 Å². The van der Waals surface area contributed by atoms with Gasteiger partial charge in [0, 0.05) is 10.3 Å². The monoisotopic (exact) mass is 287 g/mol. The van der Waals surface area contributed by atoms with Crippen molar-refractivity contribution < 1.29 is 0 Å². The molecule has 0 atom stereocenters. The normalized spacial score (nSPS) is 11.2. The maximum atomic E-state index is 5.85. The number of hydrogen-bond acceptors (Lipinski definition) is 4. The molecule has 0 spiro atoms. The number of rotatable bonds is 3. The van der Waals surface area contributed by atoms with E-state index in [1.54, 1.807) is 6.21 Å². The van der Waals surface area contributed by atoms with E-state index in [9.17, 15) is 0 Å². The van der Waals surface area contributed by atoms with Crippen molar-refractivity contribution >= 4 is 45.9 Å². The van der Waals surface area contributed by atoms with E-state index in [1.165, 1.54) is 11.3 Å². The Morgan fingerprint density at radius 3 is 2.84 bits per heavy atom. The lowest BCUT2D eigenvalue weighted by molar-refractivity contribution is 1.27. The summed E-state index contributed by atoms with van der Waals surface area (Å²) < 4.78 is 0.755. The zero-order chi connectivity index (χ0) is 13.1. The van der Waals surface area contributed by atoms with Gasteiger partial charge in [0.25, 0.3) is 0 Å². The van der Waals surface area contributed by atoms with Gasteiger partial charge in [-0.2, -0.15) is 5.10 Å². The minimum Gasteiger partial charge on any atom is -0.261 e. The van der Waals surface area contributed by atoms with Crippen LogP contribution in [0.4, 0.5) is 5.82 Å². The molecule has 0 aliphatic rings. The number of fused-ring (bicyclic) bond motifs is 1. The molecule has 3 nitrogen and oxygen atoms in total. The third kappa shape index (κ3) is 2.92. The fourth-order valence-corrected chi connectivity index (χ4v) is 2.62. The Bertz CT molecular complexity index is 736. The topological polar surface area (TPSA) is 37.3 Å². The van der Waals surface area contributed by atoms with Crippen LogP contribution in [-0.2, 0) is 0 Å². The van der Waals surface area contributed by atoms with Crippen molar-refractivity contribution in [2.45, 2.75) is 0 Å². The molecule has 0 bridgehead atoms. The van der Waals surface area contributed by atoms with Crippen LogP contribution in [-0.4, -0.2) is 11.2 Å². The molecule has 3 aromatic rings. The second-order valence-corrected chi connectivity index (χ2v) is 5.65. The van der Waals surface area contributed by atoms with Gasteiger partial charge in [0.1, 0.15) is 5.82 Å². The Morgan fingerprint density at radius 1 is 1.11 bits per heavy atom. The number of pyridine rings is 1. The number of nitrogens with one attached hydrogen (secondary N) is 1. The molecule has 0 amide bonds. The third-order valence-corrected chi connectivity index (χ3v) is 3.73. The summed E-state index contributed by atoms with van der Waals surface area (Å²) in [5.41, 5.74) is 3.86. The first-order chi connectivity index (χ1) is 9.31. The SMILES string of the molecule is Clc1ccc(/C=N/Nc2ccc3ccccc3n2)s1. The Morgan fingerprint density at radius 2 is 2.00 bits per heavy atom. The summed E-state index contributed by atoms with van der Waals surface area (Å²) in [6.07, 6.45) is 1.73. The summed E-state index contributed by atoms with van der Waals surface area (Å²) in [5.74, 6) is 0.720. The quantitative estimate of drug-likeness (QED) is 0.573. The molecular weight excluding hydrogens is 278 g/mol. The Labute approximate surface area is 119 Å². The van der Waals surface area contributed by atoms with E-state index in [2.05, 4.69) is 15.5 Å².